The summed E-state index contributed by atoms with van der Waals surface area (Å²) in [6.07, 6.45) is 0. The molecule has 4 nitrogen and oxygen atoms in total. The lowest BCUT2D eigenvalue weighted by molar-refractivity contribution is 0.381. The van der Waals surface area contributed by atoms with Gasteiger partial charge in [0.2, 0.25) is 0 Å². The van der Waals surface area contributed by atoms with Gasteiger partial charge in [0.05, 0.1) is 5.69 Å². The second-order valence-electron chi connectivity index (χ2n) is 2.26. The molecular weight excluding hydrogens is 132 g/mol. The lowest BCUT2D eigenvalue weighted by Gasteiger charge is -2.01. The first-order valence-electron chi connectivity index (χ1n) is 3.12. The minimum atomic E-state index is -0.352. The minimum Gasteiger partial charge on any atom is -0.339 e. The van der Waals surface area contributed by atoms with Gasteiger partial charge < -0.3 is 10.3 Å². The number of aromatic nitrogens is 1. The van der Waals surface area contributed by atoms with Crippen LogP contribution in [0.1, 0.15) is 18.5 Å². The molecule has 0 bridgehead atoms. The van der Waals surface area contributed by atoms with Crippen LogP contribution in [0.5, 0.6) is 0 Å². The van der Waals surface area contributed by atoms with Crippen LogP contribution in [0.2, 0.25) is 0 Å². The predicted molar refractivity (Wildman–Crippen MR) is 36.8 cm³/mol. The lowest BCUT2D eigenvalue weighted by atomic mass is 10.1. The Morgan fingerprint density at radius 1 is 1.90 bits per heavy atom. The van der Waals surface area contributed by atoms with Crippen molar-refractivity contribution in [3.05, 3.63) is 22.2 Å². The molecule has 0 fully saturated rings. The fourth-order valence-electron chi connectivity index (χ4n) is 0.665. The molecule has 1 heterocycles. The quantitative estimate of drug-likeness (QED) is 0.611. The highest BCUT2D eigenvalue weighted by molar-refractivity contribution is 5.02. The Kier molecular flexibility index (Phi) is 1.91. The average Bonchev–Trinajstić information content (AvgIpc) is 2.34. The molecule has 1 aromatic heterocycles. The molecule has 0 saturated carbocycles. The molecular formula is C6H10N2O2. The Hall–Kier alpha value is -1.03. The zero-order chi connectivity index (χ0) is 7.56. The number of rotatable bonds is 2. The van der Waals surface area contributed by atoms with Crippen LogP contribution in [0.15, 0.2) is 15.4 Å². The molecule has 0 aromatic carbocycles. The van der Waals surface area contributed by atoms with Crippen molar-refractivity contribution in [3.63, 3.8) is 0 Å². The highest BCUT2D eigenvalue weighted by Gasteiger charge is 2.05. The zero-order valence-electron chi connectivity index (χ0n) is 5.76. The molecule has 0 spiro atoms. The number of nitrogens with two attached hydrogens (primary N) is 1. The van der Waals surface area contributed by atoms with Crippen molar-refractivity contribution in [3.8, 4) is 0 Å². The van der Waals surface area contributed by atoms with E-state index in [1.54, 1.807) is 0 Å². The van der Waals surface area contributed by atoms with E-state index in [4.69, 9.17) is 5.73 Å². The summed E-state index contributed by atoms with van der Waals surface area (Å²) in [5.41, 5.74) is 5.75. The van der Waals surface area contributed by atoms with Gasteiger partial charge in [0, 0.05) is 18.5 Å². The van der Waals surface area contributed by atoms with Crippen molar-refractivity contribution in [2.45, 2.75) is 12.8 Å². The van der Waals surface area contributed by atoms with Gasteiger partial charge in [-0.05, 0) is 0 Å². The van der Waals surface area contributed by atoms with Crippen LogP contribution in [-0.2, 0) is 0 Å². The highest BCUT2D eigenvalue weighted by atomic mass is 16.5. The number of nitrogens with one attached hydrogen (secondary N) is 1. The van der Waals surface area contributed by atoms with Crippen LogP contribution >= 0.6 is 0 Å². The standard InChI is InChI=1S/C6H10N2O2/c1-4(3-7)5-2-6(9)10-8-5/h2,4,8H,3,7H2,1H3. The van der Waals surface area contributed by atoms with E-state index < -0.39 is 0 Å². The second kappa shape index (κ2) is 2.70. The third-order valence-corrected chi connectivity index (χ3v) is 1.43. The molecule has 10 heavy (non-hydrogen) atoms. The van der Waals surface area contributed by atoms with Crippen LogP contribution < -0.4 is 11.4 Å². The molecule has 0 radical (unpaired) electrons. The van der Waals surface area contributed by atoms with Gasteiger partial charge in [-0.25, -0.2) is 9.95 Å². The van der Waals surface area contributed by atoms with Crippen molar-refractivity contribution in [1.82, 2.24) is 5.16 Å². The molecule has 1 aromatic rings. The minimum absolute atomic E-state index is 0.159. The van der Waals surface area contributed by atoms with Gasteiger partial charge in [-0.3, -0.25) is 0 Å². The summed E-state index contributed by atoms with van der Waals surface area (Å²) in [4.78, 5) is 10.5. The summed E-state index contributed by atoms with van der Waals surface area (Å²) in [5, 5.41) is 2.49. The van der Waals surface area contributed by atoms with Gasteiger partial charge in [0.1, 0.15) is 0 Å². The van der Waals surface area contributed by atoms with E-state index in [9.17, 15) is 4.79 Å². The maximum absolute atomic E-state index is 10.5. The molecule has 4 heteroatoms. The van der Waals surface area contributed by atoms with E-state index in [0.29, 0.717) is 6.54 Å². The summed E-state index contributed by atoms with van der Waals surface area (Å²) >= 11 is 0. The van der Waals surface area contributed by atoms with Gasteiger partial charge in [0.15, 0.2) is 0 Å². The van der Waals surface area contributed by atoms with E-state index in [1.807, 2.05) is 6.92 Å². The summed E-state index contributed by atoms with van der Waals surface area (Å²) < 4.78 is 4.45. The molecule has 1 unspecified atom stereocenters. The lowest BCUT2D eigenvalue weighted by Crippen LogP contribution is -2.09. The Bertz CT molecular complexity index is 250. The van der Waals surface area contributed by atoms with Crippen molar-refractivity contribution < 1.29 is 4.52 Å². The van der Waals surface area contributed by atoms with E-state index >= 15 is 0 Å². The fraction of sp³-hybridized carbons (Fsp3) is 0.500. The van der Waals surface area contributed by atoms with Gasteiger partial charge in [0.25, 0.3) is 0 Å². The van der Waals surface area contributed by atoms with Gasteiger partial charge in [-0.1, -0.05) is 6.92 Å². The van der Waals surface area contributed by atoms with E-state index in [2.05, 4.69) is 9.68 Å². The number of hydrogen-bond donors (Lipinski definition) is 2. The SMILES string of the molecule is CC(CN)c1cc(=O)o[nH]1. The van der Waals surface area contributed by atoms with Crippen LogP contribution in [0.3, 0.4) is 0 Å². The Morgan fingerprint density at radius 2 is 2.60 bits per heavy atom. The first-order valence-corrected chi connectivity index (χ1v) is 3.12. The van der Waals surface area contributed by atoms with E-state index in [1.165, 1.54) is 6.07 Å². The van der Waals surface area contributed by atoms with Gasteiger partial charge in [-0.2, -0.15) is 0 Å². The summed E-state index contributed by atoms with van der Waals surface area (Å²) in [6, 6.07) is 1.41. The summed E-state index contributed by atoms with van der Waals surface area (Å²) in [6.45, 7) is 2.43. The maximum atomic E-state index is 10.5. The highest BCUT2D eigenvalue weighted by Crippen LogP contribution is 2.06. The predicted octanol–water partition coefficient (Wildman–Crippen LogP) is 0.0301. The Morgan fingerprint density at radius 3 is 3.00 bits per heavy atom. The van der Waals surface area contributed by atoms with Crippen LogP contribution in [0, 0.1) is 0 Å². The first kappa shape index (κ1) is 7.08. The Balaban J connectivity index is 2.84. The third-order valence-electron chi connectivity index (χ3n) is 1.43. The van der Waals surface area contributed by atoms with Gasteiger partial charge >= 0.3 is 5.63 Å². The zero-order valence-corrected chi connectivity index (χ0v) is 5.76. The monoisotopic (exact) mass is 142 g/mol. The molecule has 0 amide bonds. The van der Waals surface area contributed by atoms with Gasteiger partial charge in [-0.15, -0.1) is 0 Å². The third kappa shape index (κ3) is 1.27. The molecule has 0 aliphatic carbocycles. The van der Waals surface area contributed by atoms with Crippen LogP contribution in [-0.4, -0.2) is 11.7 Å². The fourth-order valence-corrected chi connectivity index (χ4v) is 0.665. The molecule has 3 N–H and O–H groups in total. The smallest absolute Gasteiger partial charge is 0.339 e. The van der Waals surface area contributed by atoms with Crippen molar-refractivity contribution in [2.24, 2.45) is 5.73 Å². The average molecular weight is 142 g/mol. The topological polar surface area (TPSA) is 72.0 Å². The maximum Gasteiger partial charge on any atom is 0.357 e. The van der Waals surface area contributed by atoms with E-state index in [-0.39, 0.29) is 11.5 Å². The molecule has 1 rings (SSSR count). The first-order chi connectivity index (χ1) is 4.74. The number of hydrogen-bond acceptors (Lipinski definition) is 3. The molecule has 0 aliphatic rings. The van der Waals surface area contributed by atoms with Crippen molar-refractivity contribution in [2.75, 3.05) is 6.54 Å². The van der Waals surface area contributed by atoms with E-state index in [0.717, 1.165) is 5.69 Å². The summed E-state index contributed by atoms with van der Waals surface area (Å²) in [5.74, 6) is 0.159. The normalized spacial score (nSPS) is 13.4. The molecule has 0 aliphatic heterocycles. The van der Waals surface area contributed by atoms with Crippen molar-refractivity contribution >= 4 is 0 Å². The van der Waals surface area contributed by atoms with Crippen LogP contribution in [0.4, 0.5) is 0 Å². The molecule has 56 valence electrons. The second-order valence-corrected chi connectivity index (χ2v) is 2.26. The summed E-state index contributed by atoms with van der Waals surface area (Å²) in [7, 11) is 0. The van der Waals surface area contributed by atoms with Crippen LogP contribution in [0.25, 0.3) is 0 Å². The number of aromatic amines is 1. The van der Waals surface area contributed by atoms with Crippen molar-refractivity contribution in [1.29, 1.82) is 0 Å². The molecule has 1 atom stereocenters. The Labute approximate surface area is 58.0 Å². The molecule has 0 saturated heterocycles. The number of H-pyrrole nitrogens is 1. The largest absolute Gasteiger partial charge is 0.357 e.